The van der Waals surface area contributed by atoms with Crippen molar-refractivity contribution in [1.82, 2.24) is 0 Å². The number of hydrogen-bond donors (Lipinski definition) is 2. The normalized spacial score (nSPS) is 10.0. The first-order chi connectivity index (χ1) is 20.1. The molecule has 226 valence electrons. The van der Waals surface area contributed by atoms with Crippen LogP contribution in [0.3, 0.4) is 0 Å². The summed E-state index contributed by atoms with van der Waals surface area (Å²) in [6.07, 6.45) is 2.98. The molecule has 0 fully saturated rings. The Morgan fingerprint density at radius 3 is 1.29 bits per heavy atom. The molecule has 2 N–H and O–H groups in total. The highest BCUT2D eigenvalue weighted by atomic mass is 16.5. The summed E-state index contributed by atoms with van der Waals surface area (Å²) >= 11 is 0. The van der Waals surface area contributed by atoms with Crippen LogP contribution in [-0.2, 0) is 57.6 Å². The molecule has 11 heteroatoms. The number of hydrogen-bond acceptors (Lipinski definition) is 9. The summed E-state index contributed by atoms with van der Waals surface area (Å²) < 4.78 is 9.16. The summed E-state index contributed by atoms with van der Waals surface area (Å²) in [6, 6.07) is 13.9. The van der Waals surface area contributed by atoms with Crippen molar-refractivity contribution in [2.24, 2.45) is 0 Å². The Hall–Kier alpha value is -4.67. The predicted octanol–water partition coefficient (Wildman–Crippen LogP) is 3.71. The molecule has 2 aromatic carbocycles. The Kier molecular flexibility index (Phi) is 17.8. The third-order valence-electron chi connectivity index (χ3n) is 5.81. The van der Waals surface area contributed by atoms with E-state index in [4.69, 9.17) is 10.2 Å². The van der Waals surface area contributed by atoms with E-state index < -0.39 is 11.9 Å². The fourth-order valence-corrected chi connectivity index (χ4v) is 3.74. The summed E-state index contributed by atoms with van der Waals surface area (Å²) in [7, 11) is 0. The molecule has 2 rings (SSSR count). The Morgan fingerprint density at radius 1 is 0.548 bits per heavy atom. The van der Waals surface area contributed by atoms with Gasteiger partial charge in [0, 0.05) is 51.4 Å². The lowest BCUT2D eigenvalue weighted by molar-refractivity contribution is -0.138. The van der Waals surface area contributed by atoms with Crippen molar-refractivity contribution in [2.45, 2.75) is 70.6 Å². The minimum Gasteiger partial charge on any atom is -0.481 e. The largest absolute Gasteiger partial charge is 0.481 e. The molecule has 0 saturated carbocycles. The number of benzene rings is 2. The monoisotopic (exact) mass is 584 g/mol. The molecular formula is C31H36O11. The number of carbonyl (C=O) groups is 7. The zero-order valence-corrected chi connectivity index (χ0v) is 23.3. The molecule has 0 saturated heterocycles. The number of Topliss-reactive ketones (excluding diaryl/α,β-unsaturated/α-hetero) is 3. The van der Waals surface area contributed by atoms with E-state index in [0.29, 0.717) is 50.8 Å². The fourth-order valence-electron chi connectivity index (χ4n) is 3.74. The second-order valence-electron chi connectivity index (χ2n) is 9.39. The predicted molar refractivity (Wildman–Crippen MR) is 150 cm³/mol. The van der Waals surface area contributed by atoms with Gasteiger partial charge in [-0.1, -0.05) is 36.4 Å². The van der Waals surface area contributed by atoms with Crippen LogP contribution in [0.15, 0.2) is 48.5 Å². The van der Waals surface area contributed by atoms with Crippen LogP contribution in [-0.4, -0.2) is 59.1 Å². The molecule has 0 radical (unpaired) electrons. The first kappa shape index (κ1) is 35.4. The number of aliphatic carboxylic acids is 2. The molecule has 0 heterocycles. The van der Waals surface area contributed by atoms with Crippen molar-refractivity contribution in [1.29, 1.82) is 0 Å². The van der Waals surface area contributed by atoms with E-state index in [1.165, 1.54) is 0 Å². The summed E-state index contributed by atoms with van der Waals surface area (Å²) in [6.45, 7) is 0.955. The average molecular weight is 585 g/mol. The van der Waals surface area contributed by atoms with Crippen LogP contribution in [0.1, 0.15) is 68.1 Å². The van der Waals surface area contributed by atoms with Crippen molar-refractivity contribution in [3.8, 4) is 5.75 Å². The molecule has 0 bridgehead atoms. The summed E-state index contributed by atoms with van der Waals surface area (Å²) in [5.74, 6) is -1.28. The van der Waals surface area contributed by atoms with E-state index in [0.717, 1.165) is 16.7 Å². The van der Waals surface area contributed by atoms with E-state index >= 15 is 0 Å². The van der Waals surface area contributed by atoms with E-state index in [2.05, 4.69) is 9.47 Å². The third-order valence-corrected chi connectivity index (χ3v) is 5.81. The molecule has 0 aliphatic heterocycles. The van der Waals surface area contributed by atoms with Gasteiger partial charge in [0.15, 0.2) is 0 Å². The molecule has 11 nitrogen and oxygen atoms in total. The van der Waals surface area contributed by atoms with Gasteiger partial charge in [-0.25, -0.2) is 0 Å². The van der Waals surface area contributed by atoms with Crippen molar-refractivity contribution in [3.63, 3.8) is 0 Å². The Morgan fingerprint density at radius 2 is 0.929 bits per heavy atom. The number of ether oxygens (including phenoxy) is 2. The van der Waals surface area contributed by atoms with Crippen molar-refractivity contribution >= 4 is 42.2 Å². The minimum absolute atomic E-state index is 0.000283. The molecule has 0 aliphatic carbocycles. The van der Waals surface area contributed by atoms with Gasteiger partial charge >= 0.3 is 11.9 Å². The molecule has 0 amide bonds. The van der Waals surface area contributed by atoms with Gasteiger partial charge < -0.3 is 19.7 Å². The van der Waals surface area contributed by atoms with Gasteiger partial charge in [0.2, 0.25) is 0 Å². The average Bonchev–Trinajstić information content (AvgIpc) is 2.93. The molecule has 42 heavy (non-hydrogen) atoms. The van der Waals surface area contributed by atoms with Crippen LogP contribution in [0.5, 0.6) is 5.75 Å². The second kappa shape index (κ2) is 21.1. The minimum atomic E-state index is -0.894. The number of rotatable bonds is 21. The molecule has 0 atom stereocenters. The Bertz CT molecular complexity index is 1170. The third kappa shape index (κ3) is 17.8. The van der Waals surface area contributed by atoms with Gasteiger partial charge in [0.25, 0.3) is 12.9 Å². The smallest absolute Gasteiger partial charge is 0.303 e. The van der Waals surface area contributed by atoms with Gasteiger partial charge in [0.05, 0.1) is 6.61 Å². The quantitative estimate of drug-likeness (QED) is 0.161. The SMILES string of the molecule is O=COCCCC(=O)Cc1ccc(CC(=O)CCCC(=O)O)cc1.O=COc1ccc(CC(=O)CCCC(=O)O)cc1. The van der Waals surface area contributed by atoms with E-state index in [9.17, 15) is 33.6 Å². The zero-order chi connectivity index (χ0) is 31.2. The lowest BCUT2D eigenvalue weighted by Crippen LogP contribution is -2.06. The maximum absolute atomic E-state index is 11.8. The van der Waals surface area contributed by atoms with Gasteiger partial charge in [-0.2, -0.15) is 0 Å². The van der Waals surface area contributed by atoms with Crippen molar-refractivity contribution < 1.29 is 53.2 Å². The number of carboxylic acids is 2. The molecule has 2 aromatic rings. The van der Waals surface area contributed by atoms with Crippen LogP contribution in [0, 0.1) is 0 Å². The topological polar surface area (TPSA) is 178 Å². The van der Waals surface area contributed by atoms with Crippen molar-refractivity contribution in [3.05, 3.63) is 65.2 Å². The summed E-state index contributed by atoms with van der Waals surface area (Å²) in [5.41, 5.74) is 2.54. The van der Waals surface area contributed by atoms with Crippen LogP contribution in [0.4, 0.5) is 0 Å². The first-order valence-electron chi connectivity index (χ1n) is 13.4. The lowest BCUT2D eigenvalue weighted by atomic mass is 10.0. The maximum Gasteiger partial charge on any atom is 0.303 e. The van der Waals surface area contributed by atoms with E-state index in [-0.39, 0.29) is 62.5 Å². The lowest BCUT2D eigenvalue weighted by Gasteiger charge is -2.04. The highest BCUT2D eigenvalue weighted by molar-refractivity contribution is 5.82. The van der Waals surface area contributed by atoms with Crippen LogP contribution >= 0.6 is 0 Å². The van der Waals surface area contributed by atoms with Gasteiger partial charge in [-0.05, 0) is 48.1 Å². The molecule has 0 aliphatic rings. The number of ketones is 3. The van der Waals surface area contributed by atoms with Crippen LogP contribution in [0.2, 0.25) is 0 Å². The number of carboxylic acid groups (broad SMARTS) is 2. The van der Waals surface area contributed by atoms with Gasteiger partial charge in [-0.15, -0.1) is 0 Å². The van der Waals surface area contributed by atoms with E-state index in [1.54, 1.807) is 24.3 Å². The van der Waals surface area contributed by atoms with Crippen LogP contribution in [0.25, 0.3) is 0 Å². The zero-order valence-electron chi connectivity index (χ0n) is 23.3. The molecule has 0 spiro atoms. The first-order valence-corrected chi connectivity index (χ1v) is 13.4. The van der Waals surface area contributed by atoms with Gasteiger partial charge in [0.1, 0.15) is 23.1 Å². The van der Waals surface area contributed by atoms with Gasteiger partial charge in [-0.3, -0.25) is 33.6 Å². The van der Waals surface area contributed by atoms with Crippen LogP contribution < -0.4 is 4.74 Å². The maximum atomic E-state index is 11.8. The fraction of sp³-hybridized carbons (Fsp3) is 0.387. The highest BCUT2D eigenvalue weighted by Gasteiger charge is 2.08. The highest BCUT2D eigenvalue weighted by Crippen LogP contribution is 2.13. The molecular weight excluding hydrogens is 548 g/mol. The molecule has 0 unspecified atom stereocenters. The Labute approximate surface area is 243 Å². The van der Waals surface area contributed by atoms with Crippen molar-refractivity contribution in [2.75, 3.05) is 6.61 Å². The Balaban J connectivity index is 0.000000437. The molecule has 0 aromatic heterocycles. The number of carbonyl (C=O) groups excluding carboxylic acids is 5. The second-order valence-corrected chi connectivity index (χ2v) is 9.39. The summed E-state index contributed by atoms with van der Waals surface area (Å²) in [5, 5.41) is 17.0. The van der Waals surface area contributed by atoms with E-state index in [1.807, 2.05) is 24.3 Å². The standard InChI is InChI=1S/C18H22O6.C13H14O5/c19-13-24-10-2-4-17(21)12-15-8-6-14(7-9-15)11-16(20)3-1-5-18(22)23;14-9-18-12-6-4-10(5-7-12)8-11(15)2-1-3-13(16)17/h6-9,13H,1-5,10-12H2,(H,22,23);4-7,9H,1-3,8H2,(H,16,17). The summed E-state index contributed by atoms with van der Waals surface area (Å²) in [4.78, 5) is 75.8.